The Labute approximate surface area is 86.1 Å². The highest BCUT2D eigenvalue weighted by Gasteiger charge is 1.93. The molecule has 0 spiro atoms. The highest BCUT2D eigenvalue weighted by Crippen LogP contribution is 2.15. The number of hydrogen-bond acceptors (Lipinski definition) is 1. The van der Waals surface area contributed by atoms with Crippen molar-refractivity contribution in [2.75, 3.05) is 0 Å². The molecule has 0 fully saturated rings. The van der Waals surface area contributed by atoms with Crippen LogP contribution in [0.25, 0.3) is 0 Å². The van der Waals surface area contributed by atoms with Crippen molar-refractivity contribution in [3.8, 4) is 17.8 Å². The Balaban J connectivity index is 2.44. The van der Waals surface area contributed by atoms with Crippen LogP contribution in [0.1, 0.15) is 31.7 Å². The van der Waals surface area contributed by atoms with Gasteiger partial charge in [0.05, 0.1) is 0 Å². The van der Waals surface area contributed by atoms with Gasteiger partial charge in [-0.15, -0.1) is 0 Å². The second-order valence-electron chi connectivity index (χ2n) is 3.25. The second-order valence-corrected chi connectivity index (χ2v) is 3.25. The number of rotatable bonds is 3. The van der Waals surface area contributed by atoms with Gasteiger partial charge in [-0.3, -0.25) is 0 Å². The largest absolute Gasteiger partial charge is 0.407 e. The summed E-state index contributed by atoms with van der Waals surface area (Å²) in [4.78, 5) is 0. The Morgan fingerprint density at radius 2 is 2.07 bits per heavy atom. The molecule has 1 nitrogen and oxygen atoms in total. The Hall–Kier alpha value is -1.42. The van der Waals surface area contributed by atoms with Gasteiger partial charge < -0.3 is 4.74 Å². The molecule has 0 radical (unpaired) electrons. The smallest absolute Gasteiger partial charge is 0.143 e. The summed E-state index contributed by atoms with van der Waals surface area (Å²) in [6, 6.07) is 7.90. The molecule has 0 aliphatic carbocycles. The Morgan fingerprint density at radius 1 is 1.29 bits per heavy atom. The topological polar surface area (TPSA) is 9.23 Å². The highest BCUT2D eigenvalue weighted by molar-refractivity contribution is 5.32. The summed E-state index contributed by atoms with van der Waals surface area (Å²) in [6.45, 7) is 4.17. The van der Waals surface area contributed by atoms with E-state index in [1.807, 2.05) is 31.2 Å². The third-order valence-corrected chi connectivity index (χ3v) is 1.98. The van der Waals surface area contributed by atoms with E-state index < -0.39 is 0 Å². The molecule has 1 aromatic rings. The molecule has 14 heavy (non-hydrogen) atoms. The van der Waals surface area contributed by atoms with E-state index in [1.54, 1.807) is 0 Å². The van der Waals surface area contributed by atoms with E-state index >= 15 is 0 Å². The van der Waals surface area contributed by atoms with Gasteiger partial charge in [-0.25, -0.2) is 0 Å². The van der Waals surface area contributed by atoms with Crippen LogP contribution in [-0.4, -0.2) is 0 Å². The van der Waals surface area contributed by atoms with Crippen LogP contribution >= 0.6 is 0 Å². The summed E-state index contributed by atoms with van der Waals surface area (Å²) in [5, 5.41) is 0. The normalized spacial score (nSPS) is 9.00. The summed E-state index contributed by atoms with van der Waals surface area (Å²) in [5.41, 5.74) is 1.12. The minimum atomic E-state index is 0.858. The molecular weight excluding hydrogens is 172 g/mol. The molecule has 1 heteroatoms. The minimum Gasteiger partial charge on any atom is -0.407 e. The summed E-state index contributed by atoms with van der Waals surface area (Å²) in [7, 11) is 0. The molecule has 0 saturated heterocycles. The first-order valence-corrected chi connectivity index (χ1v) is 5.05. The van der Waals surface area contributed by atoms with E-state index in [9.17, 15) is 0 Å². The van der Waals surface area contributed by atoms with Gasteiger partial charge in [0.1, 0.15) is 11.9 Å². The Kier molecular flexibility index (Phi) is 4.64. The van der Waals surface area contributed by atoms with Crippen LogP contribution in [0.2, 0.25) is 0 Å². The van der Waals surface area contributed by atoms with Crippen LogP contribution in [0.15, 0.2) is 24.3 Å². The zero-order valence-electron chi connectivity index (χ0n) is 8.84. The van der Waals surface area contributed by atoms with Gasteiger partial charge in [-0.1, -0.05) is 37.5 Å². The van der Waals surface area contributed by atoms with Crippen molar-refractivity contribution in [3.63, 3.8) is 0 Å². The average Bonchev–Trinajstić information content (AvgIpc) is 2.20. The number of aryl methyl sites for hydroxylation is 1. The summed E-state index contributed by atoms with van der Waals surface area (Å²) in [5.74, 6) is 3.85. The van der Waals surface area contributed by atoms with E-state index in [4.69, 9.17) is 4.74 Å². The van der Waals surface area contributed by atoms with Crippen LogP contribution in [0.3, 0.4) is 0 Å². The van der Waals surface area contributed by atoms with Crippen molar-refractivity contribution in [1.82, 2.24) is 0 Å². The van der Waals surface area contributed by atoms with Crippen LogP contribution in [0.4, 0.5) is 0 Å². The van der Waals surface area contributed by atoms with Gasteiger partial charge in [0.25, 0.3) is 0 Å². The molecule has 0 aliphatic rings. The SMILES string of the molecule is CCCCC#COc1ccccc1C. The van der Waals surface area contributed by atoms with Crippen molar-refractivity contribution in [3.05, 3.63) is 29.8 Å². The van der Waals surface area contributed by atoms with Crippen LogP contribution in [0, 0.1) is 19.0 Å². The maximum Gasteiger partial charge on any atom is 0.143 e. The first-order chi connectivity index (χ1) is 6.84. The maximum absolute atomic E-state index is 5.32. The minimum absolute atomic E-state index is 0.858. The number of para-hydroxylation sites is 1. The molecule has 0 heterocycles. The van der Waals surface area contributed by atoms with Gasteiger partial charge in [0.15, 0.2) is 0 Å². The lowest BCUT2D eigenvalue weighted by Gasteiger charge is -1.99. The van der Waals surface area contributed by atoms with E-state index in [1.165, 1.54) is 6.42 Å². The van der Waals surface area contributed by atoms with Gasteiger partial charge in [0.2, 0.25) is 0 Å². The molecule has 0 atom stereocenters. The van der Waals surface area contributed by atoms with E-state index in [-0.39, 0.29) is 0 Å². The van der Waals surface area contributed by atoms with E-state index in [2.05, 4.69) is 19.0 Å². The zero-order chi connectivity index (χ0) is 10.2. The molecular formula is C13H16O. The first kappa shape index (κ1) is 10.7. The monoisotopic (exact) mass is 188 g/mol. The third-order valence-electron chi connectivity index (χ3n) is 1.98. The molecule has 0 saturated carbocycles. The molecule has 0 N–H and O–H groups in total. The number of unbranched alkanes of at least 4 members (excludes halogenated alkanes) is 2. The standard InChI is InChI=1S/C13H16O/c1-3-4-5-8-11-14-13-10-7-6-9-12(13)2/h6-7,9-10H,3-5H2,1-2H3. The third kappa shape index (κ3) is 3.53. The van der Waals surface area contributed by atoms with Crippen molar-refractivity contribution < 1.29 is 4.74 Å². The fourth-order valence-electron chi connectivity index (χ4n) is 1.08. The van der Waals surface area contributed by atoms with Gasteiger partial charge in [-0.05, 0) is 25.0 Å². The van der Waals surface area contributed by atoms with Crippen molar-refractivity contribution >= 4 is 0 Å². The van der Waals surface area contributed by atoms with Gasteiger partial charge >= 0.3 is 0 Å². The lowest BCUT2D eigenvalue weighted by molar-refractivity contribution is 0.514. The Bertz CT molecular complexity index is 331. The molecule has 1 aromatic carbocycles. The van der Waals surface area contributed by atoms with Crippen LogP contribution in [0.5, 0.6) is 5.75 Å². The van der Waals surface area contributed by atoms with E-state index in [0.29, 0.717) is 0 Å². The van der Waals surface area contributed by atoms with Gasteiger partial charge in [-0.2, -0.15) is 0 Å². The molecule has 0 unspecified atom stereocenters. The first-order valence-electron chi connectivity index (χ1n) is 5.05. The number of ether oxygens (including phenoxy) is 1. The highest BCUT2D eigenvalue weighted by atomic mass is 16.5. The summed E-state index contributed by atoms with van der Waals surface area (Å²) in [6.07, 6.45) is 5.97. The summed E-state index contributed by atoms with van der Waals surface area (Å²) < 4.78 is 5.32. The zero-order valence-corrected chi connectivity index (χ0v) is 8.84. The molecule has 74 valence electrons. The molecule has 0 aliphatic heterocycles. The lowest BCUT2D eigenvalue weighted by Crippen LogP contribution is -1.85. The predicted molar refractivity (Wildman–Crippen MR) is 59.1 cm³/mol. The quantitative estimate of drug-likeness (QED) is 0.521. The molecule has 0 amide bonds. The maximum atomic E-state index is 5.32. The fraction of sp³-hybridized carbons (Fsp3) is 0.385. The van der Waals surface area contributed by atoms with Crippen molar-refractivity contribution in [2.24, 2.45) is 0 Å². The van der Waals surface area contributed by atoms with Crippen molar-refractivity contribution in [1.29, 1.82) is 0 Å². The van der Waals surface area contributed by atoms with Crippen molar-refractivity contribution in [2.45, 2.75) is 33.1 Å². The lowest BCUT2D eigenvalue weighted by atomic mass is 10.2. The predicted octanol–water partition coefficient (Wildman–Crippen LogP) is 3.52. The van der Waals surface area contributed by atoms with E-state index in [0.717, 1.165) is 24.2 Å². The van der Waals surface area contributed by atoms with Gasteiger partial charge in [0, 0.05) is 6.42 Å². The Morgan fingerprint density at radius 3 is 2.79 bits per heavy atom. The number of hydrogen-bond donors (Lipinski definition) is 0. The number of benzene rings is 1. The average molecular weight is 188 g/mol. The molecule has 0 bridgehead atoms. The molecule has 0 aromatic heterocycles. The second kappa shape index (κ2) is 6.10. The van der Waals surface area contributed by atoms with Crippen LogP contribution in [-0.2, 0) is 0 Å². The fourth-order valence-corrected chi connectivity index (χ4v) is 1.08. The molecule has 1 rings (SSSR count). The summed E-state index contributed by atoms with van der Waals surface area (Å²) >= 11 is 0. The van der Waals surface area contributed by atoms with Crippen LogP contribution < -0.4 is 4.74 Å².